The first-order valence-corrected chi connectivity index (χ1v) is 9.85. The van der Waals surface area contributed by atoms with Crippen LogP contribution in [0.3, 0.4) is 0 Å². The fourth-order valence-corrected chi connectivity index (χ4v) is 3.61. The van der Waals surface area contributed by atoms with Crippen molar-refractivity contribution in [2.45, 2.75) is 12.5 Å². The first kappa shape index (κ1) is 24.2. The molecule has 0 atom stereocenters. The van der Waals surface area contributed by atoms with Crippen LogP contribution in [0.5, 0.6) is 11.5 Å². The normalized spacial score (nSPS) is 13.6. The molecule has 0 amide bonds. The lowest BCUT2D eigenvalue weighted by Gasteiger charge is -2.30. The number of nitrogens with zero attached hydrogens (tertiary/aromatic N) is 2. The lowest BCUT2D eigenvalue weighted by atomic mass is 9.83. The van der Waals surface area contributed by atoms with Crippen molar-refractivity contribution in [3.63, 3.8) is 0 Å². The SMILES string of the molecule is COC(=O)C1=CN(Cc2ccc(F)cc2)C=C(C(=O)OC)C1c1cc(OC)c(O)c([N+](=O)[O-])c1. The maximum Gasteiger partial charge on any atom is 0.336 e. The van der Waals surface area contributed by atoms with Crippen LogP contribution in [0, 0.1) is 15.9 Å². The molecule has 0 saturated carbocycles. The summed E-state index contributed by atoms with van der Waals surface area (Å²) < 4.78 is 28.1. The van der Waals surface area contributed by atoms with Gasteiger partial charge in [-0.05, 0) is 29.3 Å². The molecule has 2 aromatic carbocycles. The van der Waals surface area contributed by atoms with Crippen LogP contribution in [0.25, 0.3) is 0 Å². The first-order valence-electron chi connectivity index (χ1n) is 9.85. The van der Waals surface area contributed by atoms with Gasteiger partial charge >= 0.3 is 17.6 Å². The second-order valence-corrected chi connectivity index (χ2v) is 7.23. The van der Waals surface area contributed by atoms with E-state index in [2.05, 4.69) is 0 Å². The summed E-state index contributed by atoms with van der Waals surface area (Å²) in [5, 5.41) is 21.6. The number of methoxy groups -OCH3 is 3. The number of nitro groups is 1. The number of hydrogen-bond donors (Lipinski definition) is 1. The number of nitro benzene ring substituents is 1. The van der Waals surface area contributed by atoms with Gasteiger partial charge in [-0.1, -0.05) is 12.1 Å². The van der Waals surface area contributed by atoms with Gasteiger partial charge in [-0.3, -0.25) is 10.1 Å². The molecule has 11 heteroatoms. The molecular formula is C23H21FN2O8. The van der Waals surface area contributed by atoms with Gasteiger partial charge < -0.3 is 24.2 Å². The summed E-state index contributed by atoms with van der Waals surface area (Å²) in [5.41, 5.74) is 0.0967. The zero-order valence-corrected chi connectivity index (χ0v) is 18.5. The van der Waals surface area contributed by atoms with Crippen molar-refractivity contribution in [3.8, 4) is 11.5 Å². The number of phenolic OH excluding ortho intramolecular Hbond substituents is 1. The molecule has 0 saturated heterocycles. The Morgan fingerprint density at radius 2 is 1.62 bits per heavy atom. The third-order valence-corrected chi connectivity index (χ3v) is 5.18. The average molecular weight is 472 g/mol. The first-order chi connectivity index (χ1) is 16.2. The third-order valence-electron chi connectivity index (χ3n) is 5.18. The summed E-state index contributed by atoms with van der Waals surface area (Å²) in [6.45, 7) is 0.174. The lowest BCUT2D eigenvalue weighted by molar-refractivity contribution is -0.386. The number of rotatable bonds is 7. The maximum absolute atomic E-state index is 13.3. The van der Waals surface area contributed by atoms with Crippen LogP contribution >= 0.6 is 0 Å². The highest BCUT2D eigenvalue weighted by atomic mass is 19.1. The number of hydrogen-bond acceptors (Lipinski definition) is 9. The lowest BCUT2D eigenvalue weighted by Crippen LogP contribution is -2.28. The summed E-state index contributed by atoms with van der Waals surface area (Å²) in [6.07, 6.45) is 2.86. The number of carbonyl (C=O) groups is 2. The van der Waals surface area contributed by atoms with E-state index < -0.39 is 40.0 Å². The molecule has 0 aromatic heterocycles. The number of phenols is 1. The summed E-state index contributed by atoms with van der Waals surface area (Å²) >= 11 is 0. The minimum Gasteiger partial charge on any atom is -0.500 e. The van der Waals surface area contributed by atoms with E-state index in [1.165, 1.54) is 42.6 Å². The van der Waals surface area contributed by atoms with Crippen LogP contribution in [-0.4, -0.2) is 48.2 Å². The number of halogens is 1. The zero-order chi connectivity index (χ0) is 25.0. The van der Waals surface area contributed by atoms with Crippen molar-refractivity contribution in [2.24, 2.45) is 0 Å². The minimum absolute atomic E-state index is 0.0189. The molecule has 0 fully saturated rings. The van der Waals surface area contributed by atoms with E-state index >= 15 is 0 Å². The van der Waals surface area contributed by atoms with E-state index in [9.17, 15) is 29.2 Å². The number of aromatic hydroxyl groups is 1. The van der Waals surface area contributed by atoms with E-state index in [-0.39, 0.29) is 29.0 Å². The fraction of sp³-hybridized carbons (Fsp3) is 0.217. The van der Waals surface area contributed by atoms with E-state index in [4.69, 9.17) is 14.2 Å². The average Bonchev–Trinajstić information content (AvgIpc) is 2.84. The molecule has 0 spiro atoms. The van der Waals surface area contributed by atoms with Gasteiger partial charge in [0.2, 0.25) is 5.75 Å². The molecule has 0 bridgehead atoms. The quantitative estimate of drug-likeness (QED) is 0.367. The smallest absolute Gasteiger partial charge is 0.336 e. The predicted molar refractivity (Wildman–Crippen MR) is 116 cm³/mol. The highest BCUT2D eigenvalue weighted by Gasteiger charge is 2.37. The summed E-state index contributed by atoms with van der Waals surface area (Å²) in [7, 11) is 3.52. The molecule has 0 unspecified atom stereocenters. The molecule has 3 rings (SSSR count). The van der Waals surface area contributed by atoms with Crippen molar-refractivity contribution >= 4 is 17.6 Å². The monoisotopic (exact) mass is 472 g/mol. The molecule has 1 heterocycles. The van der Waals surface area contributed by atoms with E-state index in [0.29, 0.717) is 5.56 Å². The van der Waals surface area contributed by atoms with Gasteiger partial charge in [0.1, 0.15) is 5.82 Å². The molecule has 1 N–H and O–H groups in total. The molecule has 178 valence electrons. The second-order valence-electron chi connectivity index (χ2n) is 7.23. The Morgan fingerprint density at radius 1 is 1.06 bits per heavy atom. The second kappa shape index (κ2) is 10.0. The van der Waals surface area contributed by atoms with Gasteiger partial charge in [-0.25, -0.2) is 14.0 Å². The van der Waals surface area contributed by atoms with Gasteiger partial charge in [0.25, 0.3) is 0 Å². The Balaban J connectivity index is 2.18. The molecule has 0 radical (unpaired) electrons. The van der Waals surface area contributed by atoms with Crippen LogP contribution in [0.2, 0.25) is 0 Å². The van der Waals surface area contributed by atoms with Crippen LogP contribution in [-0.2, 0) is 25.6 Å². The van der Waals surface area contributed by atoms with Crippen LogP contribution in [0.15, 0.2) is 59.9 Å². The van der Waals surface area contributed by atoms with Gasteiger partial charge in [0.05, 0.1) is 43.3 Å². The van der Waals surface area contributed by atoms with E-state index in [0.717, 1.165) is 20.3 Å². The Hall–Kier alpha value is -4.41. The number of ether oxygens (including phenoxy) is 3. The van der Waals surface area contributed by atoms with Crippen LogP contribution < -0.4 is 4.74 Å². The van der Waals surface area contributed by atoms with Crippen molar-refractivity contribution in [3.05, 3.63) is 87.0 Å². The number of benzene rings is 2. The molecule has 0 aliphatic carbocycles. The summed E-state index contributed by atoms with van der Waals surface area (Å²) in [4.78, 5) is 37.7. The predicted octanol–water partition coefficient (Wildman–Crippen LogP) is 3.16. The van der Waals surface area contributed by atoms with Crippen molar-refractivity contribution in [1.29, 1.82) is 0 Å². The van der Waals surface area contributed by atoms with Crippen molar-refractivity contribution in [1.82, 2.24) is 4.90 Å². The Labute approximate surface area is 193 Å². The third kappa shape index (κ3) is 4.82. The summed E-state index contributed by atoms with van der Waals surface area (Å²) in [5.74, 6) is -4.04. The molecule has 2 aromatic rings. The Morgan fingerprint density at radius 3 is 2.09 bits per heavy atom. The van der Waals surface area contributed by atoms with Crippen LogP contribution in [0.1, 0.15) is 17.0 Å². The highest BCUT2D eigenvalue weighted by Crippen LogP contribution is 2.44. The standard InChI is InChI=1S/C23H21FN2O8/c1-32-19-9-14(8-18(21(19)27)26(30)31)20-16(22(28)33-2)11-25(12-17(20)23(29)34-3)10-13-4-6-15(24)7-5-13/h4-9,11-12,20,27H,10H2,1-3H3. The molecule has 1 aliphatic rings. The van der Waals surface area contributed by atoms with Gasteiger partial charge in [-0.2, -0.15) is 0 Å². The highest BCUT2D eigenvalue weighted by molar-refractivity contribution is 5.98. The van der Waals surface area contributed by atoms with Crippen molar-refractivity contribution in [2.75, 3.05) is 21.3 Å². The van der Waals surface area contributed by atoms with E-state index in [1.54, 1.807) is 12.1 Å². The molecule has 10 nitrogen and oxygen atoms in total. The van der Waals surface area contributed by atoms with Gasteiger partial charge in [-0.15, -0.1) is 0 Å². The van der Waals surface area contributed by atoms with Crippen LogP contribution in [0.4, 0.5) is 10.1 Å². The Bertz CT molecular complexity index is 1160. The number of carbonyl (C=O) groups excluding carboxylic acids is 2. The largest absolute Gasteiger partial charge is 0.500 e. The topological polar surface area (TPSA) is 128 Å². The van der Waals surface area contributed by atoms with Crippen molar-refractivity contribution < 1.29 is 38.2 Å². The Kier molecular flexibility index (Phi) is 7.15. The summed E-state index contributed by atoms with van der Waals surface area (Å²) in [6, 6.07) is 7.99. The van der Waals surface area contributed by atoms with Gasteiger partial charge in [0.15, 0.2) is 5.75 Å². The maximum atomic E-state index is 13.3. The minimum atomic E-state index is -1.13. The zero-order valence-electron chi connectivity index (χ0n) is 18.5. The molecule has 34 heavy (non-hydrogen) atoms. The number of esters is 2. The molecule has 1 aliphatic heterocycles. The fourth-order valence-electron chi connectivity index (χ4n) is 3.61. The van der Waals surface area contributed by atoms with Gasteiger partial charge in [0, 0.05) is 25.0 Å². The molecular weight excluding hydrogens is 451 g/mol. The van der Waals surface area contributed by atoms with E-state index in [1.807, 2.05) is 0 Å².